The van der Waals surface area contributed by atoms with Gasteiger partial charge in [0.15, 0.2) is 0 Å². The van der Waals surface area contributed by atoms with Crippen LogP contribution in [-0.2, 0) is 19.6 Å². The highest BCUT2D eigenvalue weighted by Gasteiger charge is 2.01. The molecule has 0 radical (unpaired) electrons. The lowest BCUT2D eigenvalue weighted by Gasteiger charge is -2.18. The Balaban J connectivity index is 1.80. The molecule has 0 saturated carbocycles. The van der Waals surface area contributed by atoms with Crippen molar-refractivity contribution in [2.45, 2.75) is 33.5 Å². The van der Waals surface area contributed by atoms with E-state index in [1.165, 1.54) is 16.7 Å². The van der Waals surface area contributed by atoms with Crippen LogP contribution >= 0.6 is 0 Å². The van der Waals surface area contributed by atoms with Gasteiger partial charge in [0.2, 0.25) is 0 Å². The van der Waals surface area contributed by atoms with Gasteiger partial charge in [-0.2, -0.15) is 5.26 Å². The molecular weight excluding hydrogens is 282 g/mol. The minimum Gasteiger partial charge on any atom is -0.309 e. The summed E-state index contributed by atoms with van der Waals surface area (Å²) >= 11 is 0. The summed E-state index contributed by atoms with van der Waals surface area (Å²) in [5.41, 5.74) is 4.56. The van der Waals surface area contributed by atoms with E-state index in [0.717, 1.165) is 32.7 Å². The molecule has 3 heteroatoms. The fourth-order valence-electron chi connectivity index (χ4n) is 2.52. The van der Waals surface area contributed by atoms with Gasteiger partial charge in [0.05, 0.1) is 11.6 Å². The minimum atomic E-state index is 0.706. The van der Waals surface area contributed by atoms with Crippen molar-refractivity contribution in [3.63, 3.8) is 0 Å². The van der Waals surface area contributed by atoms with Gasteiger partial charge in [-0.15, -0.1) is 0 Å². The smallest absolute Gasteiger partial charge is 0.0991 e. The van der Waals surface area contributed by atoms with Crippen molar-refractivity contribution in [2.24, 2.45) is 0 Å². The van der Waals surface area contributed by atoms with Crippen LogP contribution in [0.25, 0.3) is 0 Å². The lowest BCUT2D eigenvalue weighted by molar-refractivity contribution is 0.296. The van der Waals surface area contributed by atoms with Crippen LogP contribution in [0.2, 0.25) is 0 Å². The molecule has 23 heavy (non-hydrogen) atoms. The molecule has 2 rings (SSSR count). The monoisotopic (exact) mass is 307 g/mol. The number of benzene rings is 2. The van der Waals surface area contributed by atoms with Crippen molar-refractivity contribution in [3.05, 3.63) is 70.8 Å². The van der Waals surface area contributed by atoms with Gasteiger partial charge in [0.1, 0.15) is 0 Å². The number of hydrogen-bond donors (Lipinski definition) is 1. The van der Waals surface area contributed by atoms with Crippen molar-refractivity contribution in [1.82, 2.24) is 10.2 Å². The largest absolute Gasteiger partial charge is 0.309 e. The highest BCUT2D eigenvalue weighted by molar-refractivity contribution is 5.31. The van der Waals surface area contributed by atoms with Crippen LogP contribution in [-0.4, -0.2) is 18.0 Å². The lowest BCUT2D eigenvalue weighted by atomic mass is 10.1. The van der Waals surface area contributed by atoms with E-state index in [2.05, 4.69) is 54.4 Å². The maximum Gasteiger partial charge on any atom is 0.0991 e. The fourth-order valence-corrected chi connectivity index (χ4v) is 2.52. The normalized spacial score (nSPS) is 10.7. The van der Waals surface area contributed by atoms with E-state index in [1.807, 2.05) is 24.3 Å². The molecule has 0 amide bonds. The van der Waals surface area contributed by atoms with E-state index < -0.39 is 0 Å². The molecule has 2 aromatic carbocycles. The molecule has 0 unspecified atom stereocenters. The summed E-state index contributed by atoms with van der Waals surface area (Å²) in [6, 6.07) is 18.7. The van der Waals surface area contributed by atoms with Gasteiger partial charge < -0.3 is 5.32 Å². The van der Waals surface area contributed by atoms with Crippen LogP contribution in [0.15, 0.2) is 48.5 Å². The summed E-state index contributed by atoms with van der Waals surface area (Å²) < 4.78 is 0. The zero-order valence-electron chi connectivity index (χ0n) is 14.0. The molecule has 0 saturated heterocycles. The second-order valence-electron chi connectivity index (χ2n) is 5.69. The van der Waals surface area contributed by atoms with Gasteiger partial charge in [-0.1, -0.05) is 50.2 Å². The first-order valence-electron chi connectivity index (χ1n) is 8.25. The standard InChI is InChI=1S/C20H25N3/c1-3-23(4-2)16-20-11-9-19(10-12-20)15-22-14-18-7-5-17(13-21)6-8-18/h5-12,22H,3-4,14-16H2,1-2H3. The molecule has 0 bridgehead atoms. The Labute approximate surface area is 139 Å². The average molecular weight is 307 g/mol. The molecule has 0 aliphatic rings. The summed E-state index contributed by atoms with van der Waals surface area (Å²) in [6.07, 6.45) is 0. The summed E-state index contributed by atoms with van der Waals surface area (Å²) in [5, 5.41) is 12.2. The molecule has 1 N–H and O–H groups in total. The van der Waals surface area contributed by atoms with Crippen LogP contribution in [0.3, 0.4) is 0 Å². The van der Waals surface area contributed by atoms with Crippen molar-refractivity contribution >= 4 is 0 Å². The molecule has 0 aliphatic carbocycles. The highest BCUT2D eigenvalue weighted by Crippen LogP contribution is 2.08. The molecule has 0 heterocycles. The summed E-state index contributed by atoms with van der Waals surface area (Å²) in [5.74, 6) is 0. The second kappa shape index (κ2) is 9.09. The third-order valence-electron chi connectivity index (χ3n) is 4.06. The third kappa shape index (κ3) is 5.52. The minimum absolute atomic E-state index is 0.706. The molecule has 2 aromatic rings. The van der Waals surface area contributed by atoms with Crippen LogP contribution in [0.4, 0.5) is 0 Å². The Morgan fingerprint density at radius 3 is 1.78 bits per heavy atom. The summed E-state index contributed by atoms with van der Waals surface area (Å²) in [4.78, 5) is 2.41. The quantitative estimate of drug-likeness (QED) is 0.808. The van der Waals surface area contributed by atoms with Crippen LogP contribution in [0, 0.1) is 11.3 Å². The number of rotatable bonds is 8. The summed E-state index contributed by atoms with van der Waals surface area (Å²) in [6.45, 7) is 9.26. The Morgan fingerprint density at radius 2 is 1.30 bits per heavy atom. The SMILES string of the molecule is CCN(CC)Cc1ccc(CNCc2ccc(C#N)cc2)cc1. The van der Waals surface area contributed by atoms with Gasteiger partial charge >= 0.3 is 0 Å². The van der Waals surface area contributed by atoms with Crippen LogP contribution < -0.4 is 5.32 Å². The van der Waals surface area contributed by atoms with Crippen molar-refractivity contribution < 1.29 is 0 Å². The molecule has 0 aromatic heterocycles. The molecule has 0 spiro atoms. The molecule has 0 atom stereocenters. The van der Waals surface area contributed by atoms with E-state index in [0.29, 0.717) is 5.56 Å². The van der Waals surface area contributed by atoms with Gasteiger partial charge in [-0.3, -0.25) is 4.90 Å². The van der Waals surface area contributed by atoms with Crippen molar-refractivity contribution in [3.8, 4) is 6.07 Å². The predicted molar refractivity (Wildman–Crippen MR) is 94.8 cm³/mol. The first kappa shape index (κ1) is 17.2. The van der Waals surface area contributed by atoms with E-state index in [-0.39, 0.29) is 0 Å². The number of hydrogen-bond acceptors (Lipinski definition) is 3. The third-order valence-corrected chi connectivity index (χ3v) is 4.06. The number of nitriles is 1. The van der Waals surface area contributed by atoms with Crippen LogP contribution in [0.1, 0.15) is 36.1 Å². The summed E-state index contributed by atoms with van der Waals surface area (Å²) in [7, 11) is 0. The topological polar surface area (TPSA) is 39.1 Å². The van der Waals surface area contributed by atoms with E-state index in [9.17, 15) is 0 Å². The highest BCUT2D eigenvalue weighted by atomic mass is 15.1. The van der Waals surface area contributed by atoms with Gasteiger partial charge in [-0.05, 0) is 41.9 Å². The lowest BCUT2D eigenvalue weighted by Crippen LogP contribution is -2.22. The predicted octanol–water partition coefficient (Wildman–Crippen LogP) is 3.69. The zero-order valence-corrected chi connectivity index (χ0v) is 14.0. The molecule has 0 aliphatic heterocycles. The first-order valence-corrected chi connectivity index (χ1v) is 8.25. The Bertz CT molecular complexity index is 619. The average Bonchev–Trinajstić information content (AvgIpc) is 2.61. The molecular formula is C20H25N3. The molecule has 3 nitrogen and oxygen atoms in total. The van der Waals surface area contributed by atoms with E-state index >= 15 is 0 Å². The molecule has 0 fully saturated rings. The Morgan fingerprint density at radius 1 is 0.826 bits per heavy atom. The van der Waals surface area contributed by atoms with Gasteiger partial charge in [0.25, 0.3) is 0 Å². The van der Waals surface area contributed by atoms with Crippen molar-refractivity contribution in [1.29, 1.82) is 5.26 Å². The Kier molecular flexibility index (Phi) is 6.80. The van der Waals surface area contributed by atoms with Crippen LogP contribution in [0.5, 0.6) is 0 Å². The zero-order chi connectivity index (χ0) is 16.5. The Hall–Kier alpha value is -2.15. The number of nitrogens with zero attached hydrogens (tertiary/aromatic N) is 2. The second-order valence-corrected chi connectivity index (χ2v) is 5.69. The van der Waals surface area contributed by atoms with E-state index in [4.69, 9.17) is 5.26 Å². The van der Waals surface area contributed by atoms with Gasteiger partial charge in [0, 0.05) is 19.6 Å². The van der Waals surface area contributed by atoms with Gasteiger partial charge in [-0.25, -0.2) is 0 Å². The van der Waals surface area contributed by atoms with E-state index in [1.54, 1.807) is 0 Å². The molecule has 120 valence electrons. The maximum absolute atomic E-state index is 8.79. The van der Waals surface area contributed by atoms with Crippen molar-refractivity contribution in [2.75, 3.05) is 13.1 Å². The first-order chi connectivity index (χ1) is 11.2. The number of nitrogens with one attached hydrogen (secondary N) is 1. The fraction of sp³-hybridized carbons (Fsp3) is 0.350. The maximum atomic E-state index is 8.79.